The van der Waals surface area contributed by atoms with Crippen molar-refractivity contribution in [3.8, 4) is 0 Å². The Morgan fingerprint density at radius 1 is 1.06 bits per heavy atom. The molecule has 0 radical (unpaired) electrons. The summed E-state index contributed by atoms with van der Waals surface area (Å²) in [6.07, 6.45) is 1.04. The highest BCUT2D eigenvalue weighted by Crippen LogP contribution is 2.26. The second-order valence-corrected chi connectivity index (χ2v) is 10.9. The Labute approximate surface area is 201 Å². The molecule has 33 heavy (non-hydrogen) atoms. The lowest BCUT2D eigenvalue weighted by Crippen LogP contribution is -2.51. The molecule has 180 valence electrons. The molecule has 0 aromatic heterocycles. The van der Waals surface area contributed by atoms with Gasteiger partial charge in [0.2, 0.25) is 21.8 Å². The number of halogens is 1. The van der Waals surface area contributed by atoms with Gasteiger partial charge < -0.3 is 10.2 Å². The van der Waals surface area contributed by atoms with Gasteiger partial charge in [0.05, 0.1) is 11.9 Å². The van der Waals surface area contributed by atoms with Gasteiger partial charge in [-0.25, -0.2) is 8.42 Å². The minimum absolute atomic E-state index is 0.169. The molecule has 0 saturated heterocycles. The molecule has 2 aromatic rings. The zero-order valence-electron chi connectivity index (χ0n) is 19.7. The van der Waals surface area contributed by atoms with E-state index in [1.807, 2.05) is 44.2 Å². The van der Waals surface area contributed by atoms with Crippen molar-refractivity contribution >= 4 is 39.1 Å². The Kier molecular flexibility index (Phi) is 9.31. The Balaban J connectivity index is 2.38. The fourth-order valence-electron chi connectivity index (χ4n) is 3.26. The Bertz CT molecular complexity index is 1070. The van der Waals surface area contributed by atoms with Crippen LogP contribution in [0.15, 0.2) is 48.5 Å². The van der Waals surface area contributed by atoms with E-state index in [1.165, 1.54) is 11.0 Å². The molecule has 0 aliphatic carbocycles. The third-order valence-corrected chi connectivity index (χ3v) is 6.53. The summed E-state index contributed by atoms with van der Waals surface area (Å²) in [5, 5.41) is 3.21. The lowest BCUT2D eigenvalue weighted by Gasteiger charge is -2.32. The molecule has 1 atom stereocenters. The third kappa shape index (κ3) is 7.75. The van der Waals surface area contributed by atoms with Crippen LogP contribution in [0.3, 0.4) is 0 Å². The number of rotatable bonds is 10. The lowest BCUT2D eigenvalue weighted by molar-refractivity contribution is -0.139. The topological polar surface area (TPSA) is 86.8 Å². The van der Waals surface area contributed by atoms with Crippen LogP contribution < -0.4 is 9.62 Å². The van der Waals surface area contributed by atoms with Gasteiger partial charge in [-0.15, -0.1) is 0 Å². The Morgan fingerprint density at radius 2 is 1.70 bits per heavy atom. The number of sulfonamides is 1. The fraction of sp³-hybridized carbons (Fsp3) is 0.417. The van der Waals surface area contributed by atoms with Gasteiger partial charge in [0, 0.05) is 18.1 Å². The van der Waals surface area contributed by atoms with Gasteiger partial charge in [-0.2, -0.15) is 0 Å². The number of carbonyl (C=O) groups excluding carboxylic acids is 2. The second-order valence-electron chi connectivity index (χ2n) is 8.52. The number of benzene rings is 2. The number of carbonyl (C=O) groups is 2. The number of nitrogens with one attached hydrogen (secondary N) is 1. The van der Waals surface area contributed by atoms with Gasteiger partial charge in [0.25, 0.3) is 0 Å². The van der Waals surface area contributed by atoms with Crippen molar-refractivity contribution in [3.05, 3.63) is 64.7 Å². The van der Waals surface area contributed by atoms with E-state index in [-0.39, 0.29) is 18.4 Å². The molecule has 1 N–H and O–H groups in total. The van der Waals surface area contributed by atoms with Crippen molar-refractivity contribution in [2.75, 3.05) is 23.7 Å². The van der Waals surface area contributed by atoms with E-state index in [1.54, 1.807) is 26.0 Å². The minimum atomic E-state index is -3.80. The van der Waals surface area contributed by atoms with E-state index in [9.17, 15) is 18.0 Å². The van der Waals surface area contributed by atoms with E-state index in [4.69, 9.17) is 11.6 Å². The van der Waals surface area contributed by atoms with Crippen molar-refractivity contribution < 1.29 is 18.0 Å². The zero-order chi connectivity index (χ0) is 24.8. The van der Waals surface area contributed by atoms with Gasteiger partial charge >= 0.3 is 0 Å². The third-order valence-electron chi connectivity index (χ3n) is 5.17. The summed E-state index contributed by atoms with van der Waals surface area (Å²) in [6, 6.07) is 13.4. The average Bonchev–Trinajstić information content (AvgIpc) is 2.75. The van der Waals surface area contributed by atoms with Crippen molar-refractivity contribution in [2.45, 2.75) is 40.3 Å². The summed E-state index contributed by atoms with van der Waals surface area (Å²) in [5.74, 6) is -0.528. The minimum Gasteiger partial charge on any atom is -0.354 e. The quantitative estimate of drug-likeness (QED) is 0.547. The summed E-state index contributed by atoms with van der Waals surface area (Å²) in [4.78, 5) is 27.7. The van der Waals surface area contributed by atoms with Crippen molar-refractivity contribution in [2.24, 2.45) is 5.92 Å². The predicted molar refractivity (Wildman–Crippen MR) is 133 cm³/mol. The molecular weight excluding hydrogens is 462 g/mol. The largest absolute Gasteiger partial charge is 0.354 e. The molecule has 1 unspecified atom stereocenters. The molecule has 9 heteroatoms. The van der Waals surface area contributed by atoms with E-state index < -0.39 is 28.5 Å². The molecule has 7 nitrogen and oxygen atoms in total. The van der Waals surface area contributed by atoms with Crippen LogP contribution in [-0.2, 0) is 26.2 Å². The number of hydrogen-bond donors (Lipinski definition) is 1. The van der Waals surface area contributed by atoms with E-state index in [2.05, 4.69) is 5.32 Å². The van der Waals surface area contributed by atoms with Crippen LogP contribution in [0.25, 0.3) is 0 Å². The Hall–Kier alpha value is -2.58. The lowest BCUT2D eigenvalue weighted by atomic mass is 10.1. The predicted octanol–water partition coefficient (Wildman–Crippen LogP) is 3.60. The molecule has 2 amide bonds. The first-order valence-corrected chi connectivity index (χ1v) is 13.0. The summed E-state index contributed by atoms with van der Waals surface area (Å²) in [5.41, 5.74) is 1.82. The maximum atomic E-state index is 13.5. The normalized spacial score (nSPS) is 12.3. The molecule has 0 fully saturated rings. The summed E-state index contributed by atoms with van der Waals surface area (Å²) in [7, 11) is -3.80. The standard InChI is InChI=1S/C24H32ClN3O4S/c1-17(2)14-26-24(30)19(4)27(15-20-9-7-6-8-10-20)23(29)16-28(33(5,31)32)22-13-21(25)12-11-18(22)3/h6-13,17,19H,14-16H2,1-5H3,(H,26,30). The molecule has 0 saturated carbocycles. The van der Waals surface area contributed by atoms with E-state index >= 15 is 0 Å². The van der Waals surface area contributed by atoms with E-state index in [0.717, 1.165) is 16.1 Å². The van der Waals surface area contributed by atoms with Crippen molar-refractivity contribution in [1.82, 2.24) is 10.2 Å². The van der Waals surface area contributed by atoms with Crippen LogP contribution in [0.2, 0.25) is 5.02 Å². The molecule has 0 aliphatic heterocycles. The smallest absolute Gasteiger partial charge is 0.244 e. The monoisotopic (exact) mass is 493 g/mol. The molecule has 2 aromatic carbocycles. The molecular formula is C24H32ClN3O4S. The Morgan fingerprint density at radius 3 is 2.27 bits per heavy atom. The number of aryl methyl sites for hydroxylation is 1. The van der Waals surface area contributed by atoms with Crippen LogP contribution >= 0.6 is 11.6 Å². The average molecular weight is 494 g/mol. The van der Waals surface area contributed by atoms with Crippen LogP contribution in [0.5, 0.6) is 0 Å². The van der Waals surface area contributed by atoms with Crippen molar-refractivity contribution in [1.29, 1.82) is 0 Å². The maximum absolute atomic E-state index is 13.5. The first-order chi connectivity index (χ1) is 15.4. The number of nitrogens with zero attached hydrogens (tertiary/aromatic N) is 2. The van der Waals surface area contributed by atoms with Crippen molar-refractivity contribution in [3.63, 3.8) is 0 Å². The van der Waals surface area contributed by atoms with Gasteiger partial charge in [-0.3, -0.25) is 13.9 Å². The van der Waals surface area contributed by atoms with Crippen LogP contribution in [0, 0.1) is 12.8 Å². The van der Waals surface area contributed by atoms with Gasteiger partial charge in [0.1, 0.15) is 12.6 Å². The highest BCUT2D eigenvalue weighted by Gasteiger charge is 2.30. The zero-order valence-corrected chi connectivity index (χ0v) is 21.3. The first-order valence-electron chi connectivity index (χ1n) is 10.7. The highest BCUT2D eigenvalue weighted by atomic mass is 35.5. The van der Waals surface area contributed by atoms with Crippen LogP contribution in [0.1, 0.15) is 31.9 Å². The number of amides is 2. The number of anilines is 1. The van der Waals surface area contributed by atoms with Crippen LogP contribution in [0.4, 0.5) is 5.69 Å². The van der Waals surface area contributed by atoms with E-state index in [0.29, 0.717) is 22.8 Å². The molecule has 0 bridgehead atoms. The maximum Gasteiger partial charge on any atom is 0.244 e. The second kappa shape index (κ2) is 11.5. The van der Waals surface area contributed by atoms with Crippen LogP contribution in [-0.4, -0.2) is 50.5 Å². The SMILES string of the molecule is Cc1ccc(Cl)cc1N(CC(=O)N(Cc1ccccc1)C(C)C(=O)NCC(C)C)S(C)(=O)=O. The molecule has 0 aliphatic rings. The van der Waals surface area contributed by atoms with Gasteiger partial charge in [0.15, 0.2) is 0 Å². The molecule has 2 rings (SSSR count). The first kappa shape index (κ1) is 26.7. The summed E-state index contributed by atoms with van der Waals surface area (Å²) >= 11 is 6.10. The highest BCUT2D eigenvalue weighted by molar-refractivity contribution is 7.92. The molecule has 0 heterocycles. The summed E-state index contributed by atoms with van der Waals surface area (Å²) < 4.78 is 26.3. The summed E-state index contributed by atoms with van der Waals surface area (Å²) in [6.45, 7) is 7.55. The number of hydrogen-bond acceptors (Lipinski definition) is 4. The van der Waals surface area contributed by atoms with Gasteiger partial charge in [-0.05, 0) is 43.0 Å². The fourth-order valence-corrected chi connectivity index (χ4v) is 4.33. The van der Waals surface area contributed by atoms with Gasteiger partial charge in [-0.1, -0.05) is 61.8 Å². The molecule has 0 spiro atoms.